The summed E-state index contributed by atoms with van der Waals surface area (Å²) in [5, 5.41) is 0. The van der Waals surface area contributed by atoms with E-state index in [0.29, 0.717) is 30.2 Å². The maximum absolute atomic E-state index is 12.9. The van der Waals surface area contributed by atoms with Crippen LogP contribution in [0.5, 0.6) is 23.0 Å². The topological polar surface area (TPSA) is 60.5 Å². The number of hydrogen-bond acceptors (Lipinski definition) is 6. The first-order valence-corrected chi connectivity index (χ1v) is 9.09. The second-order valence-corrected chi connectivity index (χ2v) is 6.42. The monoisotopic (exact) mass is 386 g/mol. The SMILES string of the molecule is COc1cc(OC)cc(C(=O)N2CCN(c3ccc(OC)cc3OC)CC2)c1. The molecule has 7 nitrogen and oxygen atoms in total. The number of carbonyl (C=O) groups is 1. The van der Waals surface area contributed by atoms with Gasteiger partial charge in [0.2, 0.25) is 0 Å². The van der Waals surface area contributed by atoms with E-state index < -0.39 is 0 Å². The molecule has 1 saturated heterocycles. The molecule has 0 atom stereocenters. The van der Waals surface area contributed by atoms with Gasteiger partial charge in [-0.1, -0.05) is 0 Å². The molecular weight excluding hydrogens is 360 g/mol. The highest BCUT2D eigenvalue weighted by Gasteiger charge is 2.24. The van der Waals surface area contributed by atoms with Gasteiger partial charge in [0.15, 0.2) is 0 Å². The Morgan fingerprint density at radius 2 is 1.36 bits per heavy atom. The van der Waals surface area contributed by atoms with Crippen LogP contribution in [0.1, 0.15) is 10.4 Å². The van der Waals surface area contributed by atoms with E-state index in [4.69, 9.17) is 18.9 Å². The van der Waals surface area contributed by atoms with E-state index in [1.807, 2.05) is 23.1 Å². The van der Waals surface area contributed by atoms with E-state index in [1.165, 1.54) is 0 Å². The van der Waals surface area contributed by atoms with Crippen LogP contribution in [-0.4, -0.2) is 65.4 Å². The molecule has 1 aliphatic heterocycles. The summed E-state index contributed by atoms with van der Waals surface area (Å²) >= 11 is 0. The van der Waals surface area contributed by atoms with Gasteiger partial charge in [-0.2, -0.15) is 0 Å². The molecule has 1 aliphatic rings. The number of anilines is 1. The van der Waals surface area contributed by atoms with Crippen LogP contribution in [0.2, 0.25) is 0 Å². The van der Waals surface area contributed by atoms with Gasteiger partial charge in [0.05, 0.1) is 34.1 Å². The average molecular weight is 386 g/mol. The number of rotatable bonds is 6. The van der Waals surface area contributed by atoms with Crippen LogP contribution in [0.25, 0.3) is 0 Å². The van der Waals surface area contributed by atoms with Gasteiger partial charge in [0.1, 0.15) is 23.0 Å². The Morgan fingerprint density at radius 1 is 0.750 bits per heavy atom. The molecule has 0 aliphatic carbocycles. The highest BCUT2D eigenvalue weighted by molar-refractivity contribution is 5.95. The third kappa shape index (κ3) is 4.08. The van der Waals surface area contributed by atoms with Crippen molar-refractivity contribution >= 4 is 11.6 Å². The summed E-state index contributed by atoms with van der Waals surface area (Å²) in [5.74, 6) is 2.69. The number of hydrogen-bond donors (Lipinski definition) is 0. The van der Waals surface area contributed by atoms with Crippen LogP contribution >= 0.6 is 0 Å². The summed E-state index contributed by atoms with van der Waals surface area (Å²) < 4.78 is 21.3. The van der Waals surface area contributed by atoms with Crippen molar-refractivity contribution in [1.29, 1.82) is 0 Å². The molecule has 150 valence electrons. The number of nitrogens with zero attached hydrogens (tertiary/aromatic N) is 2. The summed E-state index contributed by atoms with van der Waals surface area (Å²) in [7, 11) is 6.43. The highest BCUT2D eigenvalue weighted by atomic mass is 16.5. The van der Waals surface area contributed by atoms with Crippen molar-refractivity contribution in [1.82, 2.24) is 4.90 Å². The van der Waals surface area contributed by atoms with Crippen LogP contribution in [0, 0.1) is 0 Å². The number of benzene rings is 2. The normalized spacial score (nSPS) is 13.9. The van der Waals surface area contributed by atoms with Crippen LogP contribution in [0.15, 0.2) is 36.4 Å². The van der Waals surface area contributed by atoms with Crippen LogP contribution in [0.3, 0.4) is 0 Å². The zero-order chi connectivity index (χ0) is 20.1. The number of methoxy groups -OCH3 is 4. The molecule has 0 N–H and O–H groups in total. The fourth-order valence-corrected chi connectivity index (χ4v) is 3.31. The number of amides is 1. The van der Waals surface area contributed by atoms with E-state index >= 15 is 0 Å². The van der Waals surface area contributed by atoms with E-state index in [9.17, 15) is 4.79 Å². The van der Waals surface area contributed by atoms with Gasteiger partial charge in [0.25, 0.3) is 5.91 Å². The van der Waals surface area contributed by atoms with Gasteiger partial charge < -0.3 is 28.7 Å². The van der Waals surface area contributed by atoms with E-state index in [1.54, 1.807) is 46.6 Å². The Labute approximate surface area is 165 Å². The molecule has 0 spiro atoms. The molecule has 0 bridgehead atoms. The molecule has 28 heavy (non-hydrogen) atoms. The lowest BCUT2D eigenvalue weighted by molar-refractivity contribution is 0.0746. The van der Waals surface area contributed by atoms with Gasteiger partial charge in [-0.15, -0.1) is 0 Å². The molecule has 7 heteroatoms. The molecule has 0 saturated carbocycles. The van der Waals surface area contributed by atoms with E-state index in [-0.39, 0.29) is 5.91 Å². The largest absolute Gasteiger partial charge is 0.497 e. The van der Waals surface area contributed by atoms with Crippen LogP contribution < -0.4 is 23.8 Å². The minimum Gasteiger partial charge on any atom is -0.497 e. The Morgan fingerprint density at radius 3 is 1.89 bits per heavy atom. The second kappa shape index (κ2) is 8.73. The molecule has 0 radical (unpaired) electrons. The van der Waals surface area contributed by atoms with Gasteiger partial charge in [-0.25, -0.2) is 0 Å². The summed E-state index contributed by atoms with van der Waals surface area (Å²) in [5.41, 5.74) is 1.56. The van der Waals surface area contributed by atoms with Crippen molar-refractivity contribution in [2.75, 3.05) is 59.5 Å². The minimum absolute atomic E-state index is 0.0291. The summed E-state index contributed by atoms with van der Waals surface area (Å²) in [6.07, 6.45) is 0. The predicted octanol–water partition coefficient (Wildman–Crippen LogP) is 2.68. The standard InChI is InChI=1S/C21H26N2O5/c1-25-16-5-6-19(20(14-16)28-4)22-7-9-23(10-8-22)21(24)15-11-17(26-2)13-18(12-15)27-3/h5-6,11-14H,7-10H2,1-4H3. The zero-order valence-corrected chi connectivity index (χ0v) is 16.7. The van der Waals surface area contributed by atoms with Gasteiger partial charge >= 0.3 is 0 Å². The molecule has 2 aromatic carbocycles. The predicted molar refractivity (Wildman–Crippen MR) is 107 cm³/mol. The Hall–Kier alpha value is -3.09. The third-order valence-corrected chi connectivity index (χ3v) is 4.89. The molecular formula is C21H26N2O5. The lowest BCUT2D eigenvalue weighted by atomic mass is 10.1. The van der Waals surface area contributed by atoms with Gasteiger partial charge in [-0.3, -0.25) is 4.79 Å². The molecule has 0 aromatic heterocycles. The smallest absolute Gasteiger partial charge is 0.254 e. The Kier molecular flexibility index (Phi) is 6.13. The summed E-state index contributed by atoms with van der Waals surface area (Å²) in [6.45, 7) is 2.67. The van der Waals surface area contributed by atoms with Crippen LogP contribution in [-0.2, 0) is 0 Å². The fourth-order valence-electron chi connectivity index (χ4n) is 3.31. The quantitative estimate of drug-likeness (QED) is 0.761. The van der Waals surface area contributed by atoms with E-state index in [2.05, 4.69) is 4.90 Å². The first-order valence-electron chi connectivity index (χ1n) is 9.09. The van der Waals surface area contributed by atoms with Crippen molar-refractivity contribution in [3.8, 4) is 23.0 Å². The maximum atomic E-state index is 12.9. The first-order chi connectivity index (χ1) is 13.6. The van der Waals surface area contributed by atoms with Crippen molar-refractivity contribution in [2.24, 2.45) is 0 Å². The Bertz CT molecular complexity index is 809. The first kappa shape index (κ1) is 19.7. The summed E-state index contributed by atoms with van der Waals surface area (Å²) in [4.78, 5) is 17.0. The minimum atomic E-state index is -0.0291. The number of ether oxygens (including phenoxy) is 4. The lowest BCUT2D eigenvalue weighted by Crippen LogP contribution is -2.48. The molecule has 1 fully saturated rings. The zero-order valence-electron chi connectivity index (χ0n) is 16.7. The molecule has 2 aromatic rings. The average Bonchev–Trinajstić information content (AvgIpc) is 2.77. The molecule has 0 unspecified atom stereocenters. The van der Waals surface area contributed by atoms with Gasteiger partial charge in [-0.05, 0) is 24.3 Å². The Balaban J connectivity index is 1.71. The van der Waals surface area contributed by atoms with Crippen molar-refractivity contribution < 1.29 is 23.7 Å². The third-order valence-electron chi connectivity index (χ3n) is 4.89. The second-order valence-electron chi connectivity index (χ2n) is 6.42. The molecule has 1 amide bonds. The highest BCUT2D eigenvalue weighted by Crippen LogP contribution is 2.33. The van der Waals surface area contributed by atoms with Gasteiger partial charge in [0, 0.05) is 43.9 Å². The van der Waals surface area contributed by atoms with Crippen molar-refractivity contribution in [3.63, 3.8) is 0 Å². The van der Waals surface area contributed by atoms with E-state index in [0.717, 1.165) is 30.3 Å². The number of piperazine rings is 1. The van der Waals surface area contributed by atoms with Crippen molar-refractivity contribution in [2.45, 2.75) is 0 Å². The number of carbonyl (C=O) groups excluding carboxylic acids is 1. The lowest BCUT2D eigenvalue weighted by Gasteiger charge is -2.36. The fraction of sp³-hybridized carbons (Fsp3) is 0.381. The molecule has 1 heterocycles. The maximum Gasteiger partial charge on any atom is 0.254 e. The molecule has 3 rings (SSSR count). The summed E-state index contributed by atoms with van der Waals surface area (Å²) in [6, 6.07) is 11.0. The van der Waals surface area contributed by atoms with Crippen molar-refractivity contribution in [3.05, 3.63) is 42.0 Å². The van der Waals surface area contributed by atoms with Crippen LogP contribution in [0.4, 0.5) is 5.69 Å².